The van der Waals surface area contributed by atoms with Gasteiger partial charge in [-0.3, -0.25) is 0 Å². The molecule has 0 spiro atoms. The van der Waals surface area contributed by atoms with Crippen molar-refractivity contribution in [3.8, 4) is 0 Å². The second-order valence-electron chi connectivity index (χ2n) is 8.03. The topological polar surface area (TPSA) is 46.2 Å². The van der Waals surface area contributed by atoms with Crippen LogP contribution in [0.3, 0.4) is 0 Å². The molecule has 4 nitrogen and oxygen atoms in total. The van der Waals surface area contributed by atoms with Crippen molar-refractivity contribution < 1.29 is 9.69 Å². The van der Waals surface area contributed by atoms with Gasteiger partial charge in [0.1, 0.15) is 12.5 Å². The van der Waals surface area contributed by atoms with Crippen molar-refractivity contribution in [2.24, 2.45) is 15.9 Å². The molecule has 0 aliphatic carbocycles. The van der Waals surface area contributed by atoms with Gasteiger partial charge in [-0.2, -0.15) is 0 Å². The third-order valence-electron chi connectivity index (χ3n) is 5.30. The summed E-state index contributed by atoms with van der Waals surface area (Å²) in [6.07, 6.45) is 4.37. The van der Waals surface area contributed by atoms with Crippen molar-refractivity contribution >= 4 is 18.0 Å². The van der Waals surface area contributed by atoms with E-state index in [0.717, 1.165) is 19.4 Å². The van der Waals surface area contributed by atoms with E-state index in [1.54, 1.807) is 4.90 Å². The molecule has 0 atom stereocenters. The highest BCUT2D eigenvalue weighted by atomic mass is 16.1. The van der Waals surface area contributed by atoms with Crippen LogP contribution < -0.4 is 4.90 Å². The number of rotatable bonds is 3. The quantitative estimate of drug-likeness (QED) is 0.852. The summed E-state index contributed by atoms with van der Waals surface area (Å²) >= 11 is 0. The molecule has 0 unspecified atom stereocenters. The first kappa shape index (κ1) is 16.1. The van der Waals surface area contributed by atoms with Crippen LogP contribution in [0.15, 0.2) is 40.3 Å². The summed E-state index contributed by atoms with van der Waals surface area (Å²) in [5.41, 5.74) is 2.08. The van der Waals surface area contributed by atoms with Crippen LogP contribution in [0, 0.1) is 5.92 Å². The van der Waals surface area contributed by atoms with Crippen molar-refractivity contribution in [3.63, 3.8) is 0 Å². The molecular weight excluding hydrogens is 286 g/mol. The molecular formula is C19H25N3O. The van der Waals surface area contributed by atoms with Crippen LogP contribution in [-0.4, -0.2) is 29.0 Å². The number of aliphatic imine (C=N–C) groups is 2. The van der Waals surface area contributed by atoms with Gasteiger partial charge in [-0.1, -0.05) is 30.3 Å². The molecule has 1 aromatic rings. The molecule has 1 aromatic carbocycles. The fourth-order valence-electron chi connectivity index (χ4n) is 4.43. The molecule has 0 aromatic heterocycles. The van der Waals surface area contributed by atoms with Gasteiger partial charge in [0.2, 0.25) is 0 Å². The lowest BCUT2D eigenvalue weighted by Crippen LogP contribution is -3.25. The van der Waals surface area contributed by atoms with Crippen LogP contribution in [0.2, 0.25) is 0 Å². The highest BCUT2D eigenvalue weighted by molar-refractivity contribution is 6.44. The highest BCUT2D eigenvalue weighted by Gasteiger charge is 2.49. The van der Waals surface area contributed by atoms with Crippen LogP contribution in [-0.2, 0) is 11.3 Å². The van der Waals surface area contributed by atoms with Crippen molar-refractivity contribution in [3.05, 3.63) is 35.9 Å². The third kappa shape index (κ3) is 3.13. The van der Waals surface area contributed by atoms with E-state index in [2.05, 4.69) is 74.4 Å². The molecule has 1 amide bonds. The van der Waals surface area contributed by atoms with Gasteiger partial charge >= 0.3 is 0 Å². The molecule has 3 rings (SSSR count). The Hall–Kier alpha value is -1.81. The minimum Gasteiger partial charge on any atom is -0.377 e. The fraction of sp³-hybridized carbons (Fsp3) is 0.526. The summed E-state index contributed by atoms with van der Waals surface area (Å²) in [6.45, 7) is 10.2. The molecule has 0 saturated carbocycles. The monoisotopic (exact) mass is 311 g/mol. The Morgan fingerprint density at radius 1 is 1.13 bits per heavy atom. The molecule has 1 saturated heterocycles. The molecule has 2 aliphatic rings. The number of quaternary nitrogens is 1. The second kappa shape index (κ2) is 5.68. The number of carbonyl (C=O) groups is 1. The van der Waals surface area contributed by atoms with Gasteiger partial charge in [-0.05, 0) is 52.2 Å². The number of piperidine rings is 1. The number of carbonyl (C=O) groups excluding carboxylic acids is 1. The van der Waals surface area contributed by atoms with E-state index in [-0.39, 0.29) is 22.9 Å². The Bertz CT molecular complexity index is 640. The van der Waals surface area contributed by atoms with E-state index in [1.165, 1.54) is 5.56 Å². The van der Waals surface area contributed by atoms with Gasteiger partial charge < -0.3 is 19.7 Å². The van der Waals surface area contributed by atoms with Gasteiger partial charge in [0, 0.05) is 11.9 Å². The molecule has 0 radical (unpaired) electrons. The Balaban J connectivity index is 1.84. The molecule has 4 heteroatoms. The predicted molar refractivity (Wildman–Crippen MR) is 91.9 cm³/mol. The Morgan fingerprint density at radius 3 is 2.26 bits per heavy atom. The highest BCUT2D eigenvalue weighted by Crippen LogP contribution is 2.31. The lowest BCUT2D eigenvalue weighted by molar-refractivity contribution is -1.01. The number of hydrogen-bond acceptors (Lipinski definition) is 2. The summed E-state index contributed by atoms with van der Waals surface area (Å²) in [4.78, 5) is 21.3. The zero-order valence-corrected chi connectivity index (χ0v) is 14.4. The lowest BCUT2D eigenvalue weighted by Gasteiger charge is -2.53. The normalized spacial score (nSPS) is 28.7. The predicted octanol–water partition coefficient (Wildman–Crippen LogP) is 1.93. The van der Waals surface area contributed by atoms with E-state index >= 15 is 0 Å². The van der Waals surface area contributed by atoms with E-state index < -0.39 is 0 Å². The summed E-state index contributed by atoms with van der Waals surface area (Å²) in [6, 6.07) is 10.6. The van der Waals surface area contributed by atoms with Crippen LogP contribution in [0.5, 0.6) is 0 Å². The van der Waals surface area contributed by atoms with Gasteiger partial charge in [0.15, 0.2) is 0 Å². The summed E-state index contributed by atoms with van der Waals surface area (Å²) < 4.78 is 0. The summed E-state index contributed by atoms with van der Waals surface area (Å²) in [5.74, 6) is -0.0288. The second-order valence-corrected chi connectivity index (χ2v) is 8.03. The molecule has 122 valence electrons. The Labute approximate surface area is 138 Å². The zero-order valence-electron chi connectivity index (χ0n) is 14.4. The average molecular weight is 311 g/mol. The molecule has 1 fully saturated rings. The smallest absolute Gasteiger partial charge is 0.132 e. The van der Waals surface area contributed by atoms with Gasteiger partial charge in [-0.15, -0.1) is 0 Å². The maximum atomic E-state index is 11.9. The zero-order chi connectivity index (χ0) is 16.7. The van der Waals surface area contributed by atoms with Crippen LogP contribution in [0.1, 0.15) is 46.1 Å². The maximum Gasteiger partial charge on any atom is 0.132 e. The average Bonchev–Trinajstić information content (AvgIpc) is 2.89. The van der Waals surface area contributed by atoms with Crippen LogP contribution in [0.4, 0.5) is 0 Å². The first-order valence-corrected chi connectivity index (χ1v) is 8.28. The number of benzene rings is 1. The number of amides is 1. The molecule has 2 aliphatic heterocycles. The number of likely N-dealkylation sites (tertiary alicyclic amines) is 1. The minimum atomic E-state index is -0.201. The molecule has 2 heterocycles. The Morgan fingerprint density at radius 2 is 1.74 bits per heavy atom. The largest absolute Gasteiger partial charge is 0.377 e. The number of nitrogens with one attached hydrogen (secondary N) is 1. The van der Waals surface area contributed by atoms with E-state index in [4.69, 9.17) is 0 Å². The van der Waals surface area contributed by atoms with E-state index in [9.17, 15) is 4.79 Å². The van der Waals surface area contributed by atoms with Crippen molar-refractivity contribution in [1.82, 2.24) is 0 Å². The summed E-state index contributed by atoms with van der Waals surface area (Å²) in [7, 11) is 0. The number of hydrogen-bond donors (Lipinski definition) is 1. The molecule has 0 bridgehead atoms. The standard InChI is InChI=1S/C19H24N3O/c1-18(2)10-15(16-17(23)21-13-20-16)11-19(3,4)22(18)12-14-8-6-5-7-9-14/h5-9,15H,10-12H2,1-4H3/q-1/p+1. The lowest BCUT2D eigenvalue weighted by atomic mass is 9.71. The van der Waals surface area contributed by atoms with Gasteiger partial charge in [0.25, 0.3) is 0 Å². The van der Waals surface area contributed by atoms with Gasteiger partial charge in [-0.25, -0.2) is 0 Å². The van der Waals surface area contributed by atoms with Crippen molar-refractivity contribution in [2.75, 3.05) is 0 Å². The van der Waals surface area contributed by atoms with E-state index in [1.807, 2.05) is 0 Å². The third-order valence-corrected chi connectivity index (χ3v) is 5.30. The molecule has 1 N–H and O–H groups in total. The van der Waals surface area contributed by atoms with Crippen molar-refractivity contribution in [2.45, 2.75) is 58.2 Å². The van der Waals surface area contributed by atoms with Gasteiger partial charge in [0.05, 0.1) is 11.1 Å². The molecule has 23 heavy (non-hydrogen) atoms. The fourth-order valence-corrected chi connectivity index (χ4v) is 4.43. The SMILES string of the molecule is CC1(C)CC(C2=N[C-]=NC2=O)CC(C)(C)[NH+]1Cc1ccccc1. The summed E-state index contributed by atoms with van der Waals surface area (Å²) in [5, 5.41) is 0. The van der Waals surface area contributed by atoms with Crippen LogP contribution in [0.25, 0.3) is 0 Å². The van der Waals surface area contributed by atoms with Crippen molar-refractivity contribution in [1.29, 1.82) is 0 Å². The number of nitrogens with zero attached hydrogens (tertiary/aromatic N) is 2. The van der Waals surface area contributed by atoms with Crippen LogP contribution >= 0.6 is 0 Å². The van der Waals surface area contributed by atoms with E-state index in [0.29, 0.717) is 5.71 Å². The Kier molecular flexibility index (Phi) is 3.96. The minimum absolute atomic E-state index is 0.0631. The first-order valence-electron chi connectivity index (χ1n) is 8.28. The maximum absolute atomic E-state index is 11.9. The first-order chi connectivity index (χ1) is 10.8.